The summed E-state index contributed by atoms with van der Waals surface area (Å²) in [6.45, 7) is 4.02. The lowest BCUT2D eigenvalue weighted by Crippen LogP contribution is -2.32. The van der Waals surface area contributed by atoms with Gasteiger partial charge in [0.25, 0.3) is 0 Å². The Morgan fingerprint density at radius 3 is 2.42 bits per heavy atom. The Morgan fingerprint density at radius 1 is 1.12 bits per heavy atom. The Hall–Kier alpha value is -2.42. The van der Waals surface area contributed by atoms with E-state index in [-0.39, 0.29) is 11.7 Å². The maximum Gasteiger partial charge on any atom is 0.151 e. The summed E-state index contributed by atoms with van der Waals surface area (Å²) in [4.78, 5) is 17.8. The van der Waals surface area contributed by atoms with Crippen LogP contribution in [0.4, 0.5) is 5.69 Å². The van der Waals surface area contributed by atoms with E-state index in [1.165, 1.54) is 0 Å². The lowest BCUT2D eigenvalue weighted by molar-refractivity contribution is -0.123. The SMILES string of the molecule is COc1ccc(C2(C)CCC(C(C)=Nc3ccccc3)C2=O)cc1. The molecule has 0 N–H and O–H groups in total. The first kappa shape index (κ1) is 16.4. The Kier molecular flexibility index (Phi) is 4.52. The number of para-hydroxylation sites is 1. The van der Waals surface area contributed by atoms with Crippen LogP contribution in [-0.4, -0.2) is 18.6 Å². The van der Waals surface area contributed by atoms with Gasteiger partial charge >= 0.3 is 0 Å². The molecule has 1 aliphatic rings. The maximum atomic E-state index is 13.1. The van der Waals surface area contributed by atoms with Gasteiger partial charge in [-0.3, -0.25) is 9.79 Å². The highest BCUT2D eigenvalue weighted by molar-refractivity contribution is 6.10. The van der Waals surface area contributed by atoms with Crippen molar-refractivity contribution in [3.05, 3.63) is 60.2 Å². The minimum Gasteiger partial charge on any atom is -0.497 e. The van der Waals surface area contributed by atoms with Crippen molar-refractivity contribution in [3.63, 3.8) is 0 Å². The highest BCUT2D eigenvalue weighted by Crippen LogP contribution is 2.42. The van der Waals surface area contributed by atoms with Crippen LogP contribution in [-0.2, 0) is 10.2 Å². The zero-order valence-electron chi connectivity index (χ0n) is 14.5. The van der Waals surface area contributed by atoms with Gasteiger partial charge in [0.1, 0.15) is 5.75 Å². The fourth-order valence-electron chi connectivity index (χ4n) is 3.50. The Bertz CT molecular complexity index is 749. The summed E-state index contributed by atoms with van der Waals surface area (Å²) in [7, 11) is 1.65. The number of carbonyl (C=O) groups excluding carboxylic acids is 1. The molecule has 2 atom stereocenters. The lowest BCUT2D eigenvalue weighted by Gasteiger charge is -2.23. The third-order valence-corrected chi connectivity index (χ3v) is 5.09. The van der Waals surface area contributed by atoms with Crippen LogP contribution in [0, 0.1) is 5.92 Å². The van der Waals surface area contributed by atoms with Crippen LogP contribution in [0.1, 0.15) is 32.3 Å². The number of rotatable bonds is 4. The van der Waals surface area contributed by atoms with Crippen LogP contribution in [0.15, 0.2) is 59.6 Å². The highest BCUT2D eigenvalue weighted by atomic mass is 16.5. The lowest BCUT2D eigenvalue weighted by atomic mass is 9.79. The molecule has 1 aliphatic carbocycles. The topological polar surface area (TPSA) is 38.7 Å². The summed E-state index contributed by atoms with van der Waals surface area (Å²) >= 11 is 0. The van der Waals surface area contributed by atoms with Gasteiger partial charge in [-0.15, -0.1) is 0 Å². The molecule has 0 aliphatic heterocycles. The number of carbonyl (C=O) groups is 1. The van der Waals surface area contributed by atoms with Crippen LogP contribution >= 0.6 is 0 Å². The van der Waals surface area contributed by atoms with Gasteiger partial charge in [0.15, 0.2) is 5.78 Å². The maximum absolute atomic E-state index is 13.1. The number of ketones is 1. The molecule has 2 unspecified atom stereocenters. The number of benzene rings is 2. The van der Waals surface area contributed by atoms with Gasteiger partial charge in [-0.2, -0.15) is 0 Å². The molecular weight excluding hydrogens is 298 g/mol. The monoisotopic (exact) mass is 321 g/mol. The zero-order valence-corrected chi connectivity index (χ0v) is 14.5. The van der Waals surface area contributed by atoms with Gasteiger partial charge in [-0.25, -0.2) is 0 Å². The van der Waals surface area contributed by atoms with E-state index in [4.69, 9.17) is 4.74 Å². The van der Waals surface area contributed by atoms with Gasteiger partial charge < -0.3 is 4.74 Å². The first-order valence-electron chi connectivity index (χ1n) is 8.33. The average Bonchev–Trinajstić information content (AvgIpc) is 2.92. The van der Waals surface area contributed by atoms with Gasteiger partial charge in [-0.1, -0.05) is 30.3 Å². The van der Waals surface area contributed by atoms with E-state index < -0.39 is 5.41 Å². The fraction of sp³-hybridized carbons (Fsp3) is 0.333. The van der Waals surface area contributed by atoms with Gasteiger partial charge in [-0.05, 0) is 56.5 Å². The molecule has 0 spiro atoms. The summed E-state index contributed by atoms with van der Waals surface area (Å²) in [5.41, 5.74) is 2.43. The molecule has 3 heteroatoms. The quantitative estimate of drug-likeness (QED) is 0.764. The molecule has 124 valence electrons. The molecule has 1 saturated carbocycles. The first-order chi connectivity index (χ1) is 11.5. The van der Waals surface area contributed by atoms with Crippen LogP contribution in [0.3, 0.4) is 0 Å². The molecule has 0 aromatic heterocycles. The summed E-state index contributed by atoms with van der Waals surface area (Å²) in [5, 5.41) is 0. The molecule has 0 saturated heterocycles. The van der Waals surface area contributed by atoms with Crippen LogP contribution in [0.2, 0.25) is 0 Å². The molecule has 3 rings (SSSR count). The van der Waals surface area contributed by atoms with Crippen molar-refractivity contribution in [2.24, 2.45) is 10.9 Å². The van der Waals surface area contributed by atoms with Crippen molar-refractivity contribution < 1.29 is 9.53 Å². The first-order valence-corrected chi connectivity index (χ1v) is 8.33. The molecule has 0 amide bonds. The summed E-state index contributed by atoms with van der Waals surface area (Å²) in [6.07, 6.45) is 1.70. The van der Waals surface area contributed by atoms with Crippen molar-refractivity contribution in [1.82, 2.24) is 0 Å². The molecule has 1 fully saturated rings. The second-order valence-electron chi connectivity index (χ2n) is 6.60. The predicted molar refractivity (Wildman–Crippen MR) is 97.3 cm³/mol. The summed E-state index contributed by atoms with van der Waals surface area (Å²) in [5.74, 6) is 0.980. The number of hydrogen-bond donors (Lipinski definition) is 0. The van der Waals surface area contributed by atoms with Crippen LogP contribution in [0.25, 0.3) is 0 Å². The van der Waals surface area contributed by atoms with Gasteiger partial charge in [0, 0.05) is 5.71 Å². The summed E-state index contributed by atoms with van der Waals surface area (Å²) < 4.78 is 5.21. The predicted octanol–water partition coefficient (Wildman–Crippen LogP) is 4.72. The van der Waals surface area contributed by atoms with Crippen molar-refractivity contribution in [1.29, 1.82) is 0 Å². The van der Waals surface area contributed by atoms with Crippen molar-refractivity contribution in [2.75, 3.05) is 7.11 Å². The second kappa shape index (κ2) is 6.60. The standard InChI is InChI=1S/C21H23NO2/c1-15(22-17-7-5-4-6-8-17)19-13-14-21(2,20(19)23)16-9-11-18(24-3)12-10-16/h4-12,19H,13-14H2,1-3H3. The molecule has 2 aromatic rings. The van der Waals surface area contributed by atoms with E-state index in [0.29, 0.717) is 0 Å². The van der Waals surface area contributed by atoms with E-state index in [1.807, 2.05) is 68.4 Å². The minimum absolute atomic E-state index is 0.0997. The van der Waals surface area contributed by atoms with Crippen molar-refractivity contribution in [3.8, 4) is 5.75 Å². The van der Waals surface area contributed by atoms with E-state index in [1.54, 1.807) is 7.11 Å². The third kappa shape index (κ3) is 2.99. The Labute approximate surface area is 143 Å². The van der Waals surface area contributed by atoms with E-state index >= 15 is 0 Å². The number of nitrogens with zero attached hydrogens (tertiary/aromatic N) is 1. The second-order valence-corrected chi connectivity index (χ2v) is 6.60. The van der Waals surface area contributed by atoms with Crippen molar-refractivity contribution in [2.45, 2.75) is 32.1 Å². The average molecular weight is 321 g/mol. The zero-order chi connectivity index (χ0) is 17.2. The molecule has 0 heterocycles. The minimum atomic E-state index is -0.440. The number of aliphatic imine (C=N–C) groups is 1. The number of methoxy groups -OCH3 is 1. The molecule has 3 nitrogen and oxygen atoms in total. The number of ether oxygens (including phenoxy) is 1. The smallest absolute Gasteiger partial charge is 0.151 e. The van der Waals surface area contributed by atoms with E-state index in [2.05, 4.69) is 4.99 Å². The molecule has 24 heavy (non-hydrogen) atoms. The third-order valence-electron chi connectivity index (χ3n) is 5.09. The highest BCUT2D eigenvalue weighted by Gasteiger charge is 2.46. The van der Waals surface area contributed by atoms with Crippen molar-refractivity contribution >= 4 is 17.2 Å². The molecular formula is C21H23NO2. The number of Topliss-reactive ketones (excluding diaryl/α,β-unsaturated/α-hetero) is 1. The fourth-order valence-corrected chi connectivity index (χ4v) is 3.50. The number of hydrogen-bond acceptors (Lipinski definition) is 3. The largest absolute Gasteiger partial charge is 0.497 e. The van der Waals surface area contributed by atoms with E-state index in [9.17, 15) is 4.79 Å². The summed E-state index contributed by atoms with van der Waals surface area (Å²) in [6, 6.07) is 17.7. The molecule has 0 bridgehead atoms. The van der Waals surface area contributed by atoms with Crippen LogP contribution < -0.4 is 4.74 Å². The normalized spacial score (nSPS) is 24.2. The van der Waals surface area contributed by atoms with Crippen LogP contribution in [0.5, 0.6) is 5.75 Å². The van der Waals surface area contributed by atoms with Gasteiger partial charge in [0.2, 0.25) is 0 Å². The Balaban J connectivity index is 1.84. The van der Waals surface area contributed by atoms with Gasteiger partial charge in [0.05, 0.1) is 24.1 Å². The van der Waals surface area contributed by atoms with E-state index in [0.717, 1.165) is 35.6 Å². The molecule has 0 radical (unpaired) electrons. The Morgan fingerprint density at radius 2 is 1.79 bits per heavy atom. The molecule has 2 aromatic carbocycles.